The Morgan fingerprint density at radius 3 is 2.38 bits per heavy atom. The Labute approximate surface area is 95.4 Å². The summed E-state index contributed by atoms with van der Waals surface area (Å²) in [5.74, 6) is 0.994. The maximum atomic E-state index is 5.61. The molecule has 0 amide bonds. The molecule has 0 fully saturated rings. The molecule has 0 spiro atoms. The highest BCUT2D eigenvalue weighted by Gasteiger charge is 2.18. The van der Waals surface area contributed by atoms with E-state index in [1.165, 1.54) is 27.8 Å². The van der Waals surface area contributed by atoms with E-state index in [0.717, 1.165) is 5.76 Å². The summed E-state index contributed by atoms with van der Waals surface area (Å²) in [4.78, 5) is 0. The summed E-state index contributed by atoms with van der Waals surface area (Å²) in [6, 6.07) is 8.38. The van der Waals surface area contributed by atoms with Crippen LogP contribution in [-0.4, -0.2) is 0 Å². The van der Waals surface area contributed by atoms with E-state index in [2.05, 4.69) is 50.6 Å². The Morgan fingerprint density at radius 2 is 1.75 bits per heavy atom. The highest BCUT2D eigenvalue weighted by atomic mass is 16.3. The predicted octanol–water partition coefficient (Wildman–Crippen LogP) is 4.00. The average molecular weight is 209 g/mol. The number of aryl methyl sites for hydroxylation is 1. The Balaban J connectivity index is 2.05. The summed E-state index contributed by atoms with van der Waals surface area (Å²) in [5.41, 5.74) is 6.15. The van der Waals surface area contributed by atoms with Crippen molar-refractivity contribution in [3.05, 3.63) is 65.0 Å². The van der Waals surface area contributed by atoms with Gasteiger partial charge >= 0.3 is 0 Å². The van der Waals surface area contributed by atoms with Crippen LogP contribution < -0.4 is 0 Å². The SMILES string of the molecule is Cc1coc(C2=Cc3ccccc3[CH]2)c1C. The van der Waals surface area contributed by atoms with Crippen LogP contribution in [0.4, 0.5) is 0 Å². The van der Waals surface area contributed by atoms with Gasteiger partial charge in [-0.25, -0.2) is 0 Å². The van der Waals surface area contributed by atoms with Gasteiger partial charge < -0.3 is 4.42 Å². The van der Waals surface area contributed by atoms with Crippen molar-refractivity contribution in [1.82, 2.24) is 0 Å². The monoisotopic (exact) mass is 209 g/mol. The summed E-state index contributed by atoms with van der Waals surface area (Å²) in [7, 11) is 0. The van der Waals surface area contributed by atoms with Gasteiger partial charge in [0, 0.05) is 12.0 Å². The Hall–Kier alpha value is -1.76. The van der Waals surface area contributed by atoms with E-state index < -0.39 is 0 Å². The second-order valence-electron chi connectivity index (χ2n) is 4.25. The largest absolute Gasteiger partial charge is 0.464 e. The third-order valence-electron chi connectivity index (χ3n) is 3.17. The van der Waals surface area contributed by atoms with Crippen molar-refractivity contribution in [2.75, 3.05) is 0 Å². The zero-order chi connectivity index (χ0) is 11.1. The van der Waals surface area contributed by atoms with Crippen LogP contribution in [0.1, 0.15) is 28.0 Å². The van der Waals surface area contributed by atoms with Gasteiger partial charge in [-0.15, -0.1) is 0 Å². The van der Waals surface area contributed by atoms with Crippen LogP contribution >= 0.6 is 0 Å². The first-order chi connectivity index (χ1) is 7.75. The maximum Gasteiger partial charge on any atom is 0.133 e. The fourth-order valence-corrected chi connectivity index (χ4v) is 2.07. The maximum absolute atomic E-state index is 5.61. The third kappa shape index (κ3) is 1.32. The van der Waals surface area contributed by atoms with Gasteiger partial charge in [0.1, 0.15) is 5.76 Å². The second kappa shape index (κ2) is 3.38. The lowest BCUT2D eigenvalue weighted by Gasteiger charge is -1.99. The predicted molar refractivity (Wildman–Crippen MR) is 65.9 cm³/mol. The van der Waals surface area contributed by atoms with Gasteiger partial charge in [-0.1, -0.05) is 24.3 Å². The lowest BCUT2D eigenvalue weighted by molar-refractivity contribution is 0.550. The number of fused-ring (bicyclic) bond motifs is 1. The Bertz CT molecular complexity index is 573. The standard InChI is InChI=1S/C15H13O/c1-10-9-16-15(11(10)2)14-7-12-5-3-4-6-13(12)8-14/h3-9H,1-2H3. The van der Waals surface area contributed by atoms with Crippen molar-refractivity contribution in [2.24, 2.45) is 0 Å². The number of rotatable bonds is 1. The lowest BCUT2D eigenvalue weighted by atomic mass is 10.1. The van der Waals surface area contributed by atoms with E-state index in [1.807, 2.05) is 6.26 Å². The summed E-state index contributed by atoms with van der Waals surface area (Å²) >= 11 is 0. The van der Waals surface area contributed by atoms with Crippen molar-refractivity contribution in [2.45, 2.75) is 13.8 Å². The average Bonchev–Trinajstić information content (AvgIpc) is 2.84. The van der Waals surface area contributed by atoms with Crippen LogP contribution in [0.2, 0.25) is 0 Å². The molecule has 1 aliphatic rings. The summed E-state index contributed by atoms with van der Waals surface area (Å²) in [6.07, 6.45) is 6.18. The van der Waals surface area contributed by atoms with Crippen LogP contribution in [0.25, 0.3) is 11.6 Å². The van der Waals surface area contributed by atoms with E-state index in [1.54, 1.807) is 0 Å². The topological polar surface area (TPSA) is 13.1 Å². The van der Waals surface area contributed by atoms with Crippen molar-refractivity contribution < 1.29 is 4.42 Å². The lowest BCUT2D eigenvalue weighted by Crippen LogP contribution is -1.83. The fraction of sp³-hybridized carbons (Fsp3) is 0.133. The van der Waals surface area contributed by atoms with E-state index in [4.69, 9.17) is 4.42 Å². The molecular weight excluding hydrogens is 196 g/mol. The van der Waals surface area contributed by atoms with Crippen LogP contribution in [0.15, 0.2) is 34.9 Å². The summed E-state index contributed by atoms with van der Waals surface area (Å²) in [6.45, 7) is 4.18. The van der Waals surface area contributed by atoms with Gasteiger partial charge in [-0.2, -0.15) is 0 Å². The smallest absolute Gasteiger partial charge is 0.133 e. The molecule has 0 saturated carbocycles. The molecule has 1 aliphatic carbocycles. The second-order valence-corrected chi connectivity index (χ2v) is 4.25. The molecule has 0 N–H and O–H groups in total. The van der Waals surface area contributed by atoms with Crippen LogP contribution in [0.3, 0.4) is 0 Å². The minimum absolute atomic E-state index is 0.994. The Morgan fingerprint density at radius 1 is 1.00 bits per heavy atom. The van der Waals surface area contributed by atoms with Gasteiger partial charge in [0.25, 0.3) is 0 Å². The zero-order valence-corrected chi connectivity index (χ0v) is 9.45. The number of hydrogen-bond donors (Lipinski definition) is 0. The van der Waals surface area contributed by atoms with Crippen molar-refractivity contribution >= 4 is 11.6 Å². The summed E-state index contributed by atoms with van der Waals surface area (Å²) in [5, 5.41) is 0. The van der Waals surface area contributed by atoms with Gasteiger partial charge in [-0.05, 0) is 42.2 Å². The first-order valence-electron chi connectivity index (χ1n) is 5.46. The molecule has 1 aromatic heterocycles. The third-order valence-corrected chi connectivity index (χ3v) is 3.17. The first kappa shape index (κ1) is 9.46. The normalized spacial score (nSPS) is 13.8. The molecule has 0 unspecified atom stereocenters. The number of furan rings is 1. The first-order valence-corrected chi connectivity index (χ1v) is 5.46. The molecule has 2 aromatic rings. The molecule has 0 aliphatic heterocycles. The molecule has 16 heavy (non-hydrogen) atoms. The Kier molecular flexibility index (Phi) is 2.00. The molecule has 1 heteroatoms. The van der Waals surface area contributed by atoms with Crippen molar-refractivity contribution in [3.8, 4) is 0 Å². The number of hydrogen-bond acceptors (Lipinski definition) is 1. The van der Waals surface area contributed by atoms with Crippen LogP contribution in [0.5, 0.6) is 0 Å². The number of benzene rings is 1. The van der Waals surface area contributed by atoms with Gasteiger partial charge in [0.2, 0.25) is 0 Å². The van der Waals surface area contributed by atoms with E-state index >= 15 is 0 Å². The molecule has 1 nitrogen and oxygen atoms in total. The van der Waals surface area contributed by atoms with E-state index in [9.17, 15) is 0 Å². The number of allylic oxidation sites excluding steroid dienone is 1. The molecular formula is C15H13O. The zero-order valence-electron chi connectivity index (χ0n) is 9.45. The molecule has 1 aromatic carbocycles. The van der Waals surface area contributed by atoms with Gasteiger partial charge in [0.05, 0.1) is 6.26 Å². The molecule has 0 saturated heterocycles. The minimum Gasteiger partial charge on any atom is -0.464 e. The van der Waals surface area contributed by atoms with Gasteiger partial charge in [-0.3, -0.25) is 0 Å². The molecule has 1 radical (unpaired) electrons. The molecule has 0 atom stereocenters. The highest BCUT2D eigenvalue weighted by Crippen LogP contribution is 2.35. The highest BCUT2D eigenvalue weighted by molar-refractivity contribution is 5.93. The fourth-order valence-electron chi connectivity index (χ4n) is 2.07. The summed E-state index contributed by atoms with van der Waals surface area (Å²) < 4.78 is 5.61. The minimum atomic E-state index is 0.994. The van der Waals surface area contributed by atoms with Gasteiger partial charge in [0.15, 0.2) is 0 Å². The van der Waals surface area contributed by atoms with Crippen LogP contribution in [-0.2, 0) is 0 Å². The molecule has 3 rings (SSSR count). The quantitative estimate of drug-likeness (QED) is 0.691. The van der Waals surface area contributed by atoms with Crippen LogP contribution in [0, 0.1) is 20.3 Å². The molecule has 1 heterocycles. The van der Waals surface area contributed by atoms with E-state index in [0.29, 0.717) is 0 Å². The molecule has 0 bridgehead atoms. The molecule has 79 valence electrons. The van der Waals surface area contributed by atoms with E-state index in [-0.39, 0.29) is 0 Å². The van der Waals surface area contributed by atoms with Crippen molar-refractivity contribution in [3.63, 3.8) is 0 Å². The van der Waals surface area contributed by atoms with Crippen molar-refractivity contribution in [1.29, 1.82) is 0 Å².